The molecule has 1 aromatic carbocycles. The maximum Gasteiger partial charge on any atom is 0.234 e. The molecule has 21 heavy (non-hydrogen) atoms. The minimum atomic E-state index is -0.260. The van der Waals surface area contributed by atoms with Crippen molar-refractivity contribution in [3.63, 3.8) is 0 Å². The second-order valence-corrected chi connectivity index (χ2v) is 6.51. The number of hydrogen-bond donors (Lipinski definition) is 2. The lowest BCUT2D eigenvalue weighted by molar-refractivity contribution is -0.120. The van der Waals surface area contributed by atoms with Crippen molar-refractivity contribution >= 4 is 17.7 Å². The maximum atomic E-state index is 11.4. The molecule has 1 amide bonds. The van der Waals surface area contributed by atoms with Crippen LogP contribution in [0, 0.1) is 0 Å². The fraction of sp³-hybridized carbons (Fsp3) is 0.533. The number of rotatable bonds is 7. The first-order valence-electron chi connectivity index (χ1n) is 7.30. The van der Waals surface area contributed by atoms with Gasteiger partial charge in [-0.1, -0.05) is 0 Å². The number of primary amides is 1. The lowest BCUT2D eigenvalue weighted by Crippen LogP contribution is -2.42. The van der Waals surface area contributed by atoms with Crippen LogP contribution >= 0.6 is 11.8 Å². The van der Waals surface area contributed by atoms with Gasteiger partial charge in [0.05, 0.1) is 6.04 Å². The molecule has 114 valence electrons. The zero-order valence-electron chi connectivity index (χ0n) is 11.8. The standard InChI is InChI=1S/C15H20N2O3S/c16-15(18)12(17-10-1-2-10)5-8-21-11-3-4-13-14(9-11)20-7-6-19-13/h3-4,9-10,12,17H,1-2,5-8H2,(H2,16,18). The highest BCUT2D eigenvalue weighted by molar-refractivity contribution is 7.99. The number of amides is 1. The van der Waals surface area contributed by atoms with Crippen LogP contribution in [0.1, 0.15) is 19.3 Å². The van der Waals surface area contributed by atoms with E-state index in [0.29, 0.717) is 19.3 Å². The second-order valence-electron chi connectivity index (χ2n) is 5.34. The Balaban J connectivity index is 1.50. The molecule has 0 saturated heterocycles. The number of thioether (sulfide) groups is 1. The summed E-state index contributed by atoms with van der Waals surface area (Å²) in [6, 6.07) is 6.22. The van der Waals surface area contributed by atoms with E-state index in [4.69, 9.17) is 15.2 Å². The van der Waals surface area contributed by atoms with Gasteiger partial charge in [0.1, 0.15) is 13.2 Å². The Bertz CT molecular complexity index is 520. The number of carbonyl (C=O) groups excluding carboxylic acids is 1. The fourth-order valence-electron chi connectivity index (χ4n) is 2.25. The van der Waals surface area contributed by atoms with Crippen LogP contribution in [-0.4, -0.2) is 37.0 Å². The molecule has 1 atom stereocenters. The summed E-state index contributed by atoms with van der Waals surface area (Å²) < 4.78 is 11.1. The third-order valence-electron chi connectivity index (χ3n) is 3.55. The molecule has 1 fully saturated rings. The fourth-order valence-corrected chi connectivity index (χ4v) is 3.19. The largest absolute Gasteiger partial charge is 0.486 e. The van der Waals surface area contributed by atoms with Crippen LogP contribution in [0.4, 0.5) is 0 Å². The number of carbonyl (C=O) groups is 1. The molecular weight excluding hydrogens is 288 g/mol. The Kier molecular flexibility index (Phi) is 4.55. The van der Waals surface area contributed by atoms with Crippen molar-refractivity contribution in [2.24, 2.45) is 5.73 Å². The van der Waals surface area contributed by atoms with E-state index in [-0.39, 0.29) is 11.9 Å². The van der Waals surface area contributed by atoms with Gasteiger partial charge >= 0.3 is 0 Å². The monoisotopic (exact) mass is 308 g/mol. The van der Waals surface area contributed by atoms with Crippen LogP contribution in [0.3, 0.4) is 0 Å². The van der Waals surface area contributed by atoms with Crippen molar-refractivity contribution in [2.45, 2.75) is 36.2 Å². The number of benzene rings is 1. The average Bonchev–Trinajstić information content (AvgIpc) is 3.30. The highest BCUT2D eigenvalue weighted by Gasteiger charge is 2.26. The van der Waals surface area contributed by atoms with E-state index in [1.165, 1.54) is 0 Å². The van der Waals surface area contributed by atoms with Gasteiger partial charge in [-0.3, -0.25) is 4.79 Å². The summed E-state index contributed by atoms with van der Waals surface area (Å²) in [5.74, 6) is 2.18. The number of nitrogens with one attached hydrogen (secondary N) is 1. The third-order valence-corrected chi connectivity index (χ3v) is 4.57. The summed E-state index contributed by atoms with van der Waals surface area (Å²) in [6.45, 7) is 1.20. The van der Waals surface area contributed by atoms with Gasteiger partial charge in [0.25, 0.3) is 0 Å². The van der Waals surface area contributed by atoms with Gasteiger partial charge < -0.3 is 20.5 Å². The van der Waals surface area contributed by atoms with Gasteiger partial charge in [-0.25, -0.2) is 0 Å². The summed E-state index contributed by atoms with van der Waals surface area (Å²) in [4.78, 5) is 12.5. The van der Waals surface area contributed by atoms with Crippen molar-refractivity contribution in [3.8, 4) is 11.5 Å². The zero-order valence-corrected chi connectivity index (χ0v) is 12.7. The molecule has 5 nitrogen and oxygen atoms in total. The minimum Gasteiger partial charge on any atom is -0.486 e. The highest BCUT2D eigenvalue weighted by atomic mass is 32.2. The molecule has 1 aliphatic carbocycles. The van der Waals surface area contributed by atoms with Gasteiger partial charge in [0.2, 0.25) is 5.91 Å². The quantitative estimate of drug-likeness (QED) is 0.748. The molecule has 1 heterocycles. The molecule has 0 bridgehead atoms. The predicted octanol–water partition coefficient (Wildman–Crippen LogP) is 1.55. The van der Waals surface area contributed by atoms with Crippen molar-refractivity contribution < 1.29 is 14.3 Å². The number of nitrogens with two attached hydrogens (primary N) is 1. The summed E-state index contributed by atoms with van der Waals surface area (Å²) in [6.07, 6.45) is 3.04. The molecule has 1 saturated carbocycles. The van der Waals surface area contributed by atoms with Gasteiger partial charge in [-0.05, 0) is 43.2 Å². The molecule has 6 heteroatoms. The zero-order chi connectivity index (χ0) is 14.7. The lowest BCUT2D eigenvalue weighted by atomic mass is 10.2. The maximum absolute atomic E-state index is 11.4. The SMILES string of the molecule is NC(=O)C(CCSc1ccc2c(c1)OCCO2)NC1CC1. The summed E-state index contributed by atoms with van der Waals surface area (Å²) in [7, 11) is 0. The third kappa shape index (κ3) is 4.04. The van der Waals surface area contributed by atoms with Gasteiger partial charge in [-0.2, -0.15) is 0 Å². The first-order chi connectivity index (χ1) is 10.2. The second kappa shape index (κ2) is 6.58. The summed E-state index contributed by atoms with van der Waals surface area (Å²) in [5.41, 5.74) is 5.44. The van der Waals surface area contributed by atoms with Crippen LogP contribution in [0.15, 0.2) is 23.1 Å². The number of hydrogen-bond acceptors (Lipinski definition) is 5. The van der Waals surface area contributed by atoms with E-state index >= 15 is 0 Å². The first kappa shape index (κ1) is 14.5. The number of ether oxygens (including phenoxy) is 2. The molecule has 3 rings (SSSR count). The summed E-state index contributed by atoms with van der Waals surface area (Å²) >= 11 is 1.70. The van der Waals surface area contributed by atoms with Gasteiger partial charge in [0, 0.05) is 10.9 Å². The van der Waals surface area contributed by atoms with Crippen molar-refractivity contribution in [1.29, 1.82) is 0 Å². The highest BCUT2D eigenvalue weighted by Crippen LogP contribution is 2.34. The Morgan fingerprint density at radius 2 is 2.10 bits per heavy atom. The molecule has 0 spiro atoms. The van der Waals surface area contributed by atoms with Crippen molar-refractivity contribution in [3.05, 3.63) is 18.2 Å². The molecule has 1 aliphatic heterocycles. The topological polar surface area (TPSA) is 73.6 Å². The molecule has 2 aliphatic rings. The van der Waals surface area contributed by atoms with Crippen LogP contribution in [0.2, 0.25) is 0 Å². The van der Waals surface area contributed by atoms with E-state index in [0.717, 1.165) is 41.4 Å². The van der Waals surface area contributed by atoms with Crippen LogP contribution in [0.5, 0.6) is 11.5 Å². The van der Waals surface area contributed by atoms with E-state index in [1.54, 1.807) is 11.8 Å². The average molecular weight is 308 g/mol. The smallest absolute Gasteiger partial charge is 0.234 e. The van der Waals surface area contributed by atoms with E-state index in [2.05, 4.69) is 5.32 Å². The molecule has 1 unspecified atom stereocenters. The number of fused-ring (bicyclic) bond motifs is 1. The van der Waals surface area contributed by atoms with Crippen LogP contribution in [-0.2, 0) is 4.79 Å². The van der Waals surface area contributed by atoms with Crippen molar-refractivity contribution in [1.82, 2.24) is 5.32 Å². The molecule has 1 aromatic rings. The Labute approximate surface area is 128 Å². The Morgan fingerprint density at radius 1 is 1.33 bits per heavy atom. The van der Waals surface area contributed by atoms with E-state index in [1.807, 2.05) is 18.2 Å². The van der Waals surface area contributed by atoms with E-state index in [9.17, 15) is 4.79 Å². The lowest BCUT2D eigenvalue weighted by Gasteiger charge is -2.19. The Hall–Kier alpha value is -1.40. The molecular formula is C15H20N2O3S. The van der Waals surface area contributed by atoms with Crippen LogP contribution < -0.4 is 20.5 Å². The molecule has 0 aromatic heterocycles. The normalized spacial score (nSPS) is 18.3. The predicted molar refractivity (Wildman–Crippen MR) is 81.9 cm³/mol. The van der Waals surface area contributed by atoms with Gasteiger partial charge in [-0.15, -0.1) is 11.8 Å². The van der Waals surface area contributed by atoms with Crippen molar-refractivity contribution in [2.75, 3.05) is 19.0 Å². The molecule has 0 radical (unpaired) electrons. The van der Waals surface area contributed by atoms with Crippen LogP contribution in [0.25, 0.3) is 0 Å². The van der Waals surface area contributed by atoms with Gasteiger partial charge in [0.15, 0.2) is 11.5 Å². The minimum absolute atomic E-state index is 0.220. The first-order valence-corrected chi connectivity index (χ1v) is 8.29. The van der Waals surface area contributed by atoms with E-state index < -0.39 is 0 Å². The Morgan fingerprint density at radius 3 is 2.81 bits per heavy atom. The molecule has 3 N–H and O–H groups in total. The summed E-state index contributed by atoms with van der Waals surface area (Å²) in [5, 5.41) is 3.29.